The molecule has 2 amide bonds. The number of hydrogen-bond donors (Lipinski definition) is 2. The molecule has 1 aromatic rings. The second-order valence-electron chi connectivity index (χ2n) is 4.41. The van der Waals surface area contributed by atoms with Crippen LogP contribution in [-0.2, 0) is 15.1 Å². The third kappa shape index (κ3) is 2.83. The molecule has 22 heavy (non-hydrogen) atoms. The summed E-state index contributed by atoms with van der Waals surface area (Å²) in [5, 5.41) is 2.37. The first-order chi connectivity index (χ1) is 10.3. The Kier molecular flexibility index (Phi) is 4.24. The van der Waals surface area contributed by atoms with E-state index in [1.54, 1.807) is 18.2 Å². The Morgan fingerprint density at radius 1 is 1.32 bits per heavy atom. The topological polar surface area (TPSA) is 122 Å². The molecule has 0 bridgehead atoms. The Bertz CT molecular complexity index is 694. The fourth-order valence-corrected chi connectivity index (χ4v) is 2.71. The van der Waals surface area contributed by atoms with Gasteiger partial charge < -0.3 is 14.8 Å². The molecule has 1 aromatic carbocycles. The van der Waals surface area contributed by atoms with Crippen molar-refractivity contribution in [3.8, 4) is 11.5 Å². The first kappa shape index (κ1) is 16.0. The lowest BCUT2D eigenvalue weighted by Gasteiger charge is -2.35. The van der Waals surface area contributed by atoms with Crippen LogP contribution >= 0.6 is 0 Å². The molecular formula is C12H14N2O7S. The molecule has 1 aliphatic heterocycles. The molecule has 10 heteroatoms. The van der Waals surface area contributed by atoms with Gasteiger partial charge in [0.25, 0.3) is 11.8 Å². The van der Waals surface area contributed by atoms with Gasteiger partial charge in [0.15, 0.2) is 0 Å². The largest absolute Gasteiger partial charge is 0.496 e. The molecular weight excluding hydrogens is 316 g/mol. The van der Waals surface area contributed by atoms with Crippen molar-refractivity contribution in [2.75, 3.05) is 20.8 Å². The number of hydrogen-bond acceptors (Lipinski definition) is 6. The van der Waals surface area contributed by atoms with E-state index in [1.807, 2.05) is 0 Å². The molecule has 2 rings (SSSR count). The van der Waals surface area contributed by atoms with Crippen LogP contribution in [0.5, 0.6) is 11.5 Å². The highest BCUT2D eigenvalue weighted by Gasteiger charge is 2.44. The number of methoxy groups -OCH3 is 2. The smallest absolute Gasteiger partial charge is 0.362 e. The minimum absolute atomic E-state index is 0.0885. The van der Waals surface area contributed by atoms with Crippen molar-refractivity contribution in [2.45, 2.75) is 6.04 Å². The maximum atomic E-state index is 12.3. The number of benzene rings is 1. The van der Waals surface area contributed by atoms with Gasteiger partial charge in [-0.1, -0.05) is 6.07 Å². The highest BCUT2D eigenvalue weighted by Crippen LogP contribution is 2.28. The van der Waals surface area contributed by atoms with Gasteiger partial charge in [-0.05, 0) is 12.1 Å². The molecule has 1 unspecified atom stereocenters. The molecule has 1 aliphatic rings. The number of β-lactam (4-membered cyclic amide) rings is 1. The van der Waals surface area contributed by atoms with Crippen LogP contribution in [-0.4, -0.2) is 55.9 Å². The summed E-state index contributed by atoms with van der Waals surface area (Å²) in [6.07, 6.45) is 0. The van der Waals surface area contributed by atoms with E-state index in [0.717, 1.165) is 0 Å². The predicted molar refractivity (Wildman–Crippen MR) is 74.1 cm³/mol. The van der Waals surface area contributed by atoms with Crippen LogP contribution in [0, 0.1) is 0 Å². The number of rotatable bonds is 5. The molecule has 0 spiro atoms. The van der Waals surface area contributed by atoms with Crippen molar-refractivity contribution >= 4 is 22.1 Å². The standard InChI is InChI=1S/C12H14N2O7S/c1-20-8-4-3-5-9(21-2)10(8)11(15)13-7-6-14(12(7)16)22(17,18)19/h3-5,7H,6H2,1-2H3,(H,13,15)(H,17,18,19). The maximum Gasteiger partial charge on any atom is 0.362 e. The van der Waals surface area contributed by atoms with Crippen LogP contribution in [0.4, 0.5) is 0 Å². The van der Waals surface area contributed by atoms with E-state index < -0.39 is 28.2 Å². The summed E-state index contributed by atoms with van der Waals surface area (Å²) in [7, 11) is -1.84. The number of carbonyl (C=O) groups excluding carboxylic acids is 2. The van der Waals surface area contributed by atoms with Crippen LogP contribution in [0.2, 0.25) is 0 Å². The van der Waals surface area contributed by atoms with E-state index in [1.165, 1.54) is 14.2 Å². The third-order valence-corrected chi connectivity index (χ3v) is 4.02. The van der Waals surface area contributed by atoms with Crippen LogP contribution in [0.1, 0.15) is 10.4 Å². The molecule has 0 saturated carbocycles. The number of carbonyl (C=O) groups is 2. The first-order valence-corrected chi connectivity index (χ1v) is 7.50. The molecule has 1 heterocycles. The Hall–Kier alpha value is -2.33. The predicted octanol–water partition coefficient (Wildman–Crippen LogP) is -0.553. The Morgan fingerprint density at radius 3 is 2.27 bits per heavy atom. The lowest BCUT2D eigenvalue weighted by atomic mass is 10.1. The molecule has 1 atom stereocenters. The lowest BCUT2D eigenvalue weighted by Crippen LogP contribution is -2.65. The highest BCUT2D eigenvalue weighted by atomic mass is 32.2. The second-order valence-corrected chi connectivity index (χ2v) is 5.75. The van der Waals surface area contributed by atoms with Gasteiger partial charge in [-0.25, -0.2) is 4.31 Å². The minimum atomic E-state index is -4.59. The van der Waals surface area contributed by atoms with E-state index in [-0.39, 0.29) is 27.9 Å². The normalized spacial score (nSPS) is 17.7. The summed E-state index contributed by atoms with van der Waals surface area (Å²) in [4.78, 5) is 23.8. The van der Waals surface area contributed by atoms with Gasteiger partial charge in [-0.3, -0.25) is 14.1 Å². The Balaban J connectivity index is 2.17. The van der Waals surface area contributed by atoms with Crippen molar-refractivity contribution in [2.24, 2.45) is 0 Å². The van der Waals surface area contributed by atoms with Crippen molar-refractivity contribution < 1.29 is 32.0 Å². The molecule has 9 nitrogen and oxygen atoms in total. The highest BCUT2D eigenvalue weighted by molar-refractivity contribution is 7.84. The number of nitrogens with zero attached hydrogens (tertiary/aromatic N) is 1. The molecule has 0 radical (unpaired) electrons. The van der Waals surface area contributed by atoms with Crippen LogP contribution in [0.3, 0.4) is 0 Å². The Labute approximate surface area is 126 Å². The summed E-state index contributed by atoms with van der Waals surface area (Å²) in [5.74, 6) is -1.07. The quantitative estimate of drug-likeness (QED) is 0.548. The fraction of sp³-hybridized carbons (Fsp3) is 0.333. The fourth-order valence-electron chi connectivity index (χ4n) is 2.02. The zero-order chi connectivity index (χ0) is 16.5. The van der Waals surface area contributed by atoms with Gasteiger partial charge in [0.2, 0.25) is 0 Å². The molecule has 120 valence electrons. The van der Waals surface area contributed by atoms with Crippen LogP contribution in [0.25, 0.3) is 0 Å². The number of amides is 2. The molecule has 0 aromatic heterocycles. The van der Waals surface area contributed by atoms with Gasteiger partial charge in [0.1, 0.15) is 23.1 Å². The number of ether oxygens (including phenoxy) is 2. The summed E-state index contributed by atoms with van der Waals surface area (Å²) in [6, 6.07) is 3.68. The molecule has 1 saturated heterocycles. The molecule has 0 aliphatic carbocycles. The van der Waals surface area contributed by atoms with Crippen molar-refractivity contribution in [3.05, 3.63) is 23.8 Å². The first-order valence-electron chi connectivity index (χ1n) is 6.10. The maximum absolute atomic E-state index is 12.3. The van der Waals surface area contributed by atoms with Gasteiger partial charge in [0, 0.05) is 0 Å². The van der Waals surface area contributed by atoms with Crippen molar-refractivity contribution in [3.63, 3.8) is 0 Å². The van der Waals surface area contributed by atoms with Gasteiger partial charge in [-0.2, -0.15) is 8.42 Å². The average molecular weight is 330 g/mol. The van der Waals surface area contributed by atoms with Crippen LogP contribution in [0.15, 0.2) is 18.2 Å². The van der Waals surface area contributed by atoms with Crippen LogP contribution < -0.4 is 14.8 Å². The van der Waals surface area contributed by atoms with E-state index in [9.17, 15) is 18.0 Å². The van der Waals surface area contributed by atoms with Gasteiger partial charge in [-0.15, -0.1) is 0 Å². The van der Waals surface area contributed by atoms with Gasteiger partial charge in [0.05, 0.1) is 20.8 Å². The van der Waals surface area contributed by atoms with E-state index in [2.05, 4.69) is 5.32 Å². The third-order valence-electron chi connectivity index (χ3n) is 3.13. The number of nitrogens with one attached hydrogen (secondary N) is 1. The summed E-state index contributed by atoms with van der Waals surface area (Å²) in [5.41, 5.74) is 0.0885. The second kappa shape index (κ2) is 5.81. The average Bonchev–Trinajstić information content (AvgIpc) is 2.47. The zero-order valence-electron chi connectivity index (χ0n) is 11.8. The molecule has 2 N–H and O–H groups in total. The zero-order valence-corrected chi connectivity index (χ0v) is 12.6. The SMILES string of the molecule is COc1cccc(OC)c1C(=O)NC1CN(S(=O)(=O)O)C1=O. The van der Waals surface area contributed by atoms with Gasteiger partial charge >= 0.3 is 10.3 Å². The van der Waals surface area contributed by atoms with E-state index >= 15 is 0 Å². The monoisotopic (exact) mass is 330 g/mol. The summed E-state index contributed by atoms with van der Waals surface area (Å²) in [6.45, 7) is -0.332. The summed E-state index contributed by atoms with van der Waals surface area (Å²) >= 11 is 0. The van der Waals surface area contributed by atoms with E-state index in [4.69, 9.17) is 14.0 Å². The van der Waals surface area contributed by atoms with Crippen molar-refractivity contribution in [1.29, 1.82) is 0 Å². The Morgan fingerprint density at radius 2 is 1.86 bits per heavy atom. The lowest BCUT2D eigenvalue weighted by molar-refractivity contribution is -0.136. The van der Waals surface area contributed by atoms with Crippen molar-refractivity contribution in [1.82, 2.24) is 9.62 Å². The minimum Gasteiger partial charge on any atom is -0.496 e. The van der Waals surface area contributed by atoms with E-state index in [0.29, 0.717) is 0 Å². The summed E-state index contributed by atoms with van der Waals surface area (Å²) < 4.78 is 40.8. The molecule has 1 fully saturated rings.